The van der Waals surface area contributed by atoms with E-state index in [4.69, 9.17) is 44.3 Å². The van der Waals surface area contributed by atoms with Crippen molar-refractivity contribution in [2.24, 2.45) is 5.92 Å². The second kappa shape index (κ2) is 7.35. The molecule has 0 aromatic carbocycles. The fourth-order valence-corrected chi connectivity index (χ4v) is 3.47. The van der Waals surface area contributed by atoms with Gasteiger partial charge in [-0.1, -0.05) is 47.0 Å². The Morgan fingerprint density at radius 3 is 2.60 bits per heavy atom. The van der Waals surface area contributed by atoms with Crippen LogP contribution in [0.1, 0.15) is 20.3 Å². The normalized spacial score (nSPS) is 35.2. The van der Waals surface area contributed by atoms with E-state index in [2.05, 4.69) is 11.9 Å². The van der Waals surface area contributed by atoms with Crippen molar-refractivity contribution in [2.45, 2.75) is 47.6 Å². The molecule has 0 aromatic heterocycles. The van der Waals surface area contributed by atoms with Crippen LogP contribution in [0.5, 0.6) is 0 Å². The first-order chi connectivity index (χ1) is 11.4. The number of rotatable bonds is 4. The van der Waals surface area contributed by atoms with Crippen molar-refractivity contribution in [3.05, 3.63) is 24.3 Å². The van der Waals surface area contributed by atoms with Crippen molar-refractivity contribution >= 4 is 40.7 Å². The Morgan fingerprint density at radius 2 is 2.16 bits per heavy atom. The molecular formula is C16H22Cl3NO5. The number of halogens is 3. The van der Waals surface area contributed by atoms with Crippen molar-refractivity contribution in [1.82, 2.24) is 5.32 Å². The molecular weight excluding hydrogens is 393 g/mol. The second-order valence-electron chi connectivity index (χ2n) is 6.69. The van der Waals surface area contributed by atoms with Crippen LogP contribution in [0.3, 0.4) is 0 Å². The largest absolute Gasteiger partial charge is 0.392 e. The van der Waals surface area contributed by atoms with E-state index in [0.29, 0.717) is 12.0 Å². The molecule has 1 aliphatic heterocycles. The summed E-state index contributed by atoms with van der Waals surface area (Å²) in [6, 6.07) is 0. The van der Waals surface area contributed by atoms with Crippen LogP contribution in [0.25, 0.3) is 0 Å². The number of hydrogen-bond donors (Lipinski definition) is 3. The van der Waals surface area contributed by atoms with Crippen LogP contribution in [-0.4, -0.2) is 56.7 Å². The molecule has 9 heteroatoms. The van der Waals surface area contributed by atoms with E-state index in [1.807, 2.05) is 0 Å². The molecule has 3 N–H and O–H groups in total. The summed E-state index contributed by atoms with van der Waals surface area (Å²) in [5.74, 6) is -2.17. The van der Waals surface area contributed by atoms with Crippen molar-refractivity contribution in [3.63, 3.8) is 0 Å². The Hall–Kier alpha value is -0.340. The molecule has 0 aromatic rings. The minimum absolute atomic E-state index is 0.226. The molecule has 4 atom stereocenters. The van der Waals surface area contributed by atoms with Crippen LogP contribution in [0.2, 0.25) is 0 Å². The van der Waals surface area contributed by atoms with Gasteiger partial charge in [0.15, 0.2) is 5.79 Å². The highest BCUT2D eigenvalue weighted by atomic mass is 35.6. The zero-order valence-corrected chi connectivity index (χ0v) is 16.2. The van der Waals surface area contributed by atoms with E-state index >= 15 is 0 Å². The number of ether oxygens (including phenoxy) is 2. The number of aliphatic hydroxyl groups excluding tert-OH is 2. The van der Waals surface area contributed by atoms with Gasteiger partial charge in [-0.15, -0.1) is 6.58 Å². The van der Waals surface area contributed by atoms with E-state index in [-0.39, 0.29) is 13.2 Å². The Balaban J connectivity index is 2.42. The number of amides is 1. The molecule has 0 radical (unpaired) electrons. The third-order valence-electron chi connectivity index (χ3n) is 4.59. The van der Waals surface area contributed by atoms with Gasteiger partial charge in [-0.05, 0) is 25.8 Å². The Kier molecular flexibility index (Phi) is 6.16. The summed E-state index contributed by atoms with van der Waals surface area (Å²) in [7, 11) is 0. The van der Waals surface area contributed by atoms with E-state index in [1.165, 1.54) is 12.2 Å². The van der Waals surface area contributed by atoms with Crippen LogP contribution >= 0.6 is 34.8 Å². The number of alkyl halides is 3. The molecule has 1 amide bonds. The van der Waals surface area contributed by atoms with Gasteiger partial charge >= 0.3 is 0 Å². The number of hydrogen-bond acceptors (Lipinski definition) is 5. The molecule has 1 aliphatic carbocycles. The molecule has 0 bridgehead atoms. The number of carbonyl (C=O) groups excluding carboxylic acids is 1. The molecule has 6 nitrogen and oxygen atoms in total. The van der Waals surface area contributed by atoms with Crippen LogP contribution in [-0.2, 0) is 14.3 Å². The highest BCUT2D eigenvalue weighted by Gasteiger charge is 2.53. The molecule has 0 spiro atoms. The third kappa shape index (κ3) is 4.33. The second-order valence-corrected chi connectivity index (χ2v) is 8.98. The van der Waals surface area contributed by atoms with Crippen LogP contribution < -0.4 is 5.32 Å². The topological polar surface area (TPSA) is 88.0 Å². The van der Waals surface area contributed by atoms with Crippen LogP contribution in [0, 0.1) is 5.92 Å². The molecule has 2 aliphatic rings. The number of aliphatic hydroxyl groups is 2. The summed E-state index contributed by atoms with van der Waals surface area (Å²) in [5.41, 5.74) is -0.722. The molecule has 1 heterocycles. The summed E-state index contributed by atoms with van der Waals surface area (Å²) in [5, 5.41) is 22.8. The zero-order valence-electron chi connectivity index (χ0n) is 14.0. The van der Waals surface area contributed by atoms with Gasteiger partial charge in [0.05, 0.1) is 31.0 Å². The van der Waals surface area contributed by atoms with E-state index in [9.17, 15) is 15.0 Å². The molecule has 1 fully saturated rings. The maximum Gasteiger partial charge on any atom is 0.272 e. The predicted molar refractivity (Wildman–Crippen MR) is 95.5 cm³/mol. The lowest BCUT2D eigenvalue weighted by Crippen LogP contribution is -2.65. The predicted octanol–water partition coefficient (Wildman–Crippen LogP) is 1.85. The van der Waals surface area contributed by atoms with Gasteiger partial charge in [-0.3, -0.25) is 4.79 Å². The van der Waals surface area contributed by atoms with Gasteiger partial charge in [0.2, 0.25) is 0 Å². The maximum absolute atomic E-state index is 12.3. The van der Waals surface area contributed by atoms with Crippen molar-refractivity contribution < 1.29 is 24.5 Å². The molecule has 0 saturated carbocycles. The highest BCUT2D eigenvalue weighted by Crippen LogP contribution is 2.42. The van der Waals surface area contributed by atoms with E-state index < -0.39 is 39.2 Å². The Labute approximate surface area is 161 Å². The number of carbonyl (C=O) groups is 1. The highest BCUT2D eigenvalue weighted by molar-refractivity contribution is 6.76. The molecule has 25 heavy (non-hydrogen) atoms. The van der Waals surface area contributed by atoms with Crippen molar-refractivity contribution in [1.29, 1.82) is 0 Å². The van der Waals surface area contributed by atoms with Crippen LogP contribution in [0.15, 0.2) is 24.3 Å². The quantitative estimate of drug-likeness (QED) is 0.483. The van der Waals surface area contributed by atoms with E-state index in [0.717, 1.165) is 0 Å². The molecule has 142 valence electrons. The summed E-state index contributed by atoms with van der Waals surface area (Å²) < 4.78 is 9.32. The van der Waals surface area contributed by atoms with Crippen molar-refractivity contribution in [2.75, 3.05) is 13.2 Å². The maximum atomic E-state index is 12.3. The molecule has 1 saturated heterocycles. The van der Waals surface area contributed by atoms with Crippen molar-refractivity contribution in [3.8, 4) is 0 Å². The lowest BCUT2D eigenvalue weighted by molar-refractivity contribution is -0.151. The summed E-state index contributed by atoms with van der Waals surface area (Å²) in [6.45, 7) is 7.32. The molecule has 0 unspecified atom stereocenters. The smallest absolute Gasteiger partial charge is 0.272 e. The first kappa shape index (κ1) is 21.0. The Bertz CT molecular complexity index is 575. The number of nitrogens with one attached hydrogen (secondary N) is 1. The fourth-order valence-electron chi connectivity index (χ4n) is 3.33. The standard InChI is InChI=1S/C16H22Cl3NO5/c1-4-15(20-13(23)16(17,18)19)10(5-9(7-21)6-12(15)22)11-8-24-14(2,3)25-11/h4,6,10-12,21-22H,1,5,7-8H2,2-3H3,(H,20,23)/t10-,11-,12+,15-/m1/s1. The monoisotopic (exact) mass is 413 g/mol. The first-order valence-corrected chi connectivity index (χ1v) is 8.92. The summed E-state index contributed by atoms with van der Waals surface area (Å²) in [6.07, 6.45) is 1.58. The summed E-state index contributed by atoms with van der Waals surface area (Å²) in [4.78, 5) is 12.3. The zero-order chi connectivity index (χ0) is 19.0. The first-order valence-electron chi connectivity index (χ1n) is 7.78. The van der Waals surface area contributed by atoms with Gasteiger partial charge in [0.25, 0.3) is 9.70 Å². The summed E-state index contributed by atoms with van der Waals surface area (Å²) >= 11 is 17.0. The lowest BCUT2D eigenvalue weighted by atomic mass is 9.69. The lowest BCUT2D eigenvalue weighted by Gasteiger charge is -2.47. The molecule has 2 rings (SSSR count). The van der Waals surface area contributed by atoms with Gasteiger partial charge in [0, 0.05) is 5.92 Å². The minimum Gasteiger partial charge on any atom is -0.392 e. The van der Waals surface area contributed by atoms with Gasteiger partial charge in [-0.25, -0.2) is 0 Å². The minimum atomic E-state index is -2.20. The van der Waals surface area contributed by atoms with Gasteiger partial charge in [0.1, 0.15) is 0 Å². The average molecular weight is 415 g/mol. The third-order valence-corrected chi connectivity index (χ3v) is 5.10. The Morgan fingerprint density at radius 1 is 1.52 bits per heavy atom. The van der Waals surface area contributed by atoms with E-state index in [1.54, 1.807) is 13.8 Å². The fraction of sp³-hybridized carbons (Fsp3) is 0.688. The van der Waals surface area contributed by atoms with Crippen LogP contribution in [0.4, 0.5) is 0 Å². The average Bonchev–Trinajstić information content (AvgIpc) is 2.87. The SMILES string of the molecule is C=C[C@@]1(NC(=O)C(Cl)(Cl)Cl)[C@@H]([C@H]2COC(C)(C)O2)CC(CO)=C[C@@H]1O. The van der Waals surface area contributed by atoms with Gasteiger partial charge < -0.3 is 25.0 Å². The van der Waals surface area contributed by atoms with Gasteiger partial charge in [-0.2, -0.15) is 0 Å².